The summed E-state index contributed by atoms with van der Waals surface area (Å²) >= 11 is 0. The number of rotatable bonds is 2. The molecule has 0 fully saturated rings. The van der Waals surface area contributed by atoms with E-state index in [-0.39, 0.29) is 0 Å². The molecule has 14 heavy (non-hydrogen) atoms. The van der Waals surface area contributed by atoms with Crippen LogP contribution in [0.3, 0.4) is 0 Å². The molecule has 1 aliphatic carbocycles. The fraction of sp³-hybridized carbons (Fsp3) is 0.385. The van der Waals surface area contributed by atoms with Gasteiger partial charge in [-0.2, -0.15) is 0 Å². The molecule has 74 valence electrons. The Morgan fingerprint density at radius 2 is 1.86 bits per heavy atom. The summed E-state index contributed by atoms with van der Waals surface area (Å²) in [5.74, 6) is 0.586. The molecule has 0 amide bonds. The van der Waals surface area contributed by atoms with Crippen molar-refractivity contribution < 1.29 is 4.74 Å². The van der Waals surface area contributed by atoms with Gasteiger partial charge >= 0.3 is 0 Å². The molecule has 2 rings (SSSR count). The fourth-order valence-electron chi connectivity index (χ4n) is 1.97. The number of benzene rings is 1. The molecule has 0 aliphatic heterocycles. The fourth-order valence-corrected chi connectivity index (χ4v) is 1.97. The van der Waals surface area contributed by atoms with Gasteiger partial charge in [0.15, 0.2) is 0 Å². The number of hydrogen-bond acceptors (Lipinski definition) is 1. The molecule has 1 nitrogen and oxygen atoms in total. The predicted molar refractivity (Wildman–Crippen MR) is 58.4 cm³/mol. The maximum atomic E-state index is 5.29. The van der Waals surface area contributed by atoms with Crippen molar-refractivity contribution >= 4 is 0 Å². The van der Waals surface area contributed by atoms with Crippen LogP contribution in [-0.4, -0.2) is 13.2 Å². The third-order valence-corrected chi connectivity index (χ3v) is 2.85. The molecule has 0 unspecified atom stereocenters. The first kappa shape index (κ1) is 9.47. The molecule has 0 saturated carbocycles. The Bertz CT molecular complexity index is 302. The highest BCUT2D eigenvalue weighted by Crippen LogP contribution is 2.28. The van der Waals surface area contributed by atoms with E-state index in [0.29, 0.717) is 12.0 Å². The normalized spacial score (nSPS) is 26.4. The summed E-state index contributed by atoms with van der Waals surface area (Å²) in [6.45, 7) is 0. The zero-order valence-corrected chi connectivity index (χ0v) is 8.52. The van der Waals surface area contributed by atoms with Crippen LogP contribution in [0.15, 0.2) is 42.5 Å². The van der Waals surface area contributed by atoms with E-state index in [1.54, 1.807) is 7.11 Å². The molecule has 1 aromatic carbocycles. The third kappa shape index (κ3) is 2.05. The van der Waals surface area contributed by atoms with Gasteiger partial charge in [-0.1, -0.05) is 42.5 Å². The number of ether oxygens (including phenoxy) is 1. The molecule has 2 atom stereocenters. The van der Waals surface area contributed by atoms with Crippen LogP contribution in [-0.2, 0) is 4.74 Å². The second kappa shape index (κ2) is 4.43. The van der Waals surface area contributed by atoms with Gasteiger partial charge in [0.1, 0.15) is 0 Å². The van der Waals surface area contributed by atoms with Crippen LogP contribution in [0.1, 0.15) is 24.3 Å². The van der Waals surface area contributed by atoms with E-state index in [9.17, 15) is 0 Å². The molecule has 0 bridgehead atoms. The van der Waals surface area contributed by atoms with Crippen LogP contribution in [0, 0.1) is 0 Å². The largest absolute Gasteiger partial charge is 0.377 e. The molecule has 0 saturated heterocycles. The van der Waals surface area contributed by atoms with Crippen LogP contribution in [0.4, 0.5) is 0 Å². The van der Waals surface area contributed by atoms with Crippen LogP contribution in [0.25, 0.3) is 0 Å². The Hall–Kier alpha value is -1.08. The van der Waals surface area contributed by atoms with Gasteiger partial charge in [-0.15, -0.1) is 0 Å². The molecule has 1 aliphatic rings. The van der Waals surface area contributed by atoms with Gasteiger partial charge in [0, 0.05) is 13.0 Å². The topological polar surface area (TPSA) is 9.23 Å². The number of allylic oxidation sites excluding steroid dienone is 1. The van der Waals surface area contributed by atoms with Crippen molar-refractivity contribution in [1.82, 2.24) is 0 Å². The highest BCUT2D eigenvalue weighted by Gasteiger charge is 2.15. The van der Waals surface area contributed by atoms with Crippen molar-refractivity contribution in [2.45, 2.75) is 24.9 Å². The second-order valence-corrected chi connectivity index (χ2v) is 3.75. The minimum absolute atomic E-state index is 0.329. The molecule has 0 radical (unpaired) electrons. The molecule has 0 heterocycles. The molecule has 0 spiro atoms. The van der Waals surface area contributed by atoms with Crippen LogP contribution >= 0.6 is 0 Å². The summed E-state index contributed by atoms with van der Waals surface area (Å²) in [5.41, 5.74) is 1.42. The monoisotopic (exact) mass is 188 g/mol. The summed E-state index contributed by atoms with van der Waals surface area (Å²) in [6, 6.07) is 10.7. The first-order valence-electron chi connectivity index (χ1n) is 5.16. The first-order chi connectivity index (χ1) is 6.90. The first-order valence-corrected chi connectivity index (χ1v) is 5.16. The van der Waals surface area contributed by atoms with Crippen molar-refractivity contribution in [3.63, 3.8) is 0 Å². The van der Waals surface area contributed by atoms with Gasteiger partial charge in [0.05, 0.1) is 6.10 Å². The average Bonchev–Trinajstić information content (AvgIpc) is 2.30. The van der Waals surface area contributed by atoms with E-state index < -0.39 is 0 Å². The van der Waals surface area contributed by atoms with Crippen molar-refractivity contribution in [3.05, 3.63) is 48.0 Å². The van der Waals surface area contributed by atoms with Gasteiger partial charge < -0.3 is 4.74 Å². The van der Waals surface area contributed by atoms with E-state index in [1.165, 1.54) is 12.0 Å². The Morgan fingerprint density at radius 3 is 2.43 bits per heavy atom. The molecule has 0 aromatic heterocycles. The minimum Gasteiger partial charge on any atom is -0.377 e. The van der Waals surface area contributed by atoms with Gasteiger partial charge in [0.2, 0.25) is 0 Å². The predicted octanol–water partition coefficient (Wildman–Crippen LogP) is 3.14. The standard InChI is InChI=1S/C13H16O/c1-14-13-9-7-12(8-10-13)11-5-3-2-4-6-11/h2-7,9,12-13H,8,10H2,1H3/t12-,13-/m0/s1. The molecular formula is C13H16O. The minimum atomic E-state index is 0.329. The lowest BCUT2D eigenvalue weighted by atomic mass is 9.88. The van der Waals surface area contributed by atoms with Crippen molar-refractivity contribution in [2.75, 3.05) is 7.11 Å². The summed E-state index contributed by atoms with van der Waals surface area (Å²) < 4.78 is 5.29. The Kier molecular flexibility index (Phi) is 3.00. The van der Waals surface area contributed by atoms with Gasteiger partial charge in [-0.05, 0) is 18.4 Å². The van der Waals surface area contributed by atoms with E-state index in [0.717, 1.165) is 6.42 Å². The lowest BCUT2D eigenvalue weighted by Crippen LogP contribution is -2.13. The third-order valence-electron chi connectivity index (χ3n) is 2.85. The molecule has 1 aromatic rings. The average molecular weight is 188 g/mol. The maximum Gasteiger partial charge on any atom is 0.0752 e. The SMILES string of the molecule is CO[C@H]1C=C[C@H](c2ccccc2)CC1. The highest BCUT2D eigenvalue weighted by molar-refractivity contribution is 5.25. The number of hydrogen-bond donors (Lipinski definition) is 0. The Labute approximate surface area is 85.4 Å². The summed E-state index contributed by atoms with van der Waals surface area (Å²) in [7, 11) is 1.78. The van der Waals surface area contributed by atoms with E-state index >= 15 is 0 Å². The lowest BCUT2D eigenvalue weighted by Gasteiger charge is -2.22. The zero-order valence-electron chi connectivity index (χ0n) is 8.52. The summed E-state index contributed by atoms with van der Waals surface area (Å²) in [6.07, 6.45) is 7.11. The van der Waals surface area contributed by atoms with Crippen LogP contribution in [0.5, 0.6) is 0 Å². The quantitative estimate of drug-likeness (QED) is 0.648. The Morgan fingerprint density at radius 1 is 1.07 bits per heavy atom. The van der Waals surface area contributed by atoms with Crippen LogP contribution in [0.2, 0.25) is 0 Å². The van der Waals surface area contributed by atoms with E-state index in [4.69, 9.17) is 4.74 Å². The zero-order chi connectivity index (χ0) is 9.80. The summed E-state index contributed by atoms with van der Waals surface area (Å²) in [4.78, 5) is 0. The van der Waals surface area contributed by atoms with Gasteiger partial charge in [-0.25, -0.2) is 0 Å². The van der Waals surface area contributed by atoms with Gasteiger partial charge in [0.25, 0.3) is 0 Å². The summed E-state index contributed by atoms with van der Waals surface area (Å²) in [5, 5.41) is 0. The second-order valence-electron chi connectivity index (χ2n) is 3.75. The maximum absolute atomic E-state index is 5.29. The molecule has 1 heteroatoms. The lowest BCUT2D eigenvalue weighted by molar-refractivity contribution is 0.126. The van der Waals surface area contributed by atoms with E-state index in [2.05, 4.69) is 42.5 Å². The Balaban J connectivity index is 2.08. The number of methoxy groups -OCH3 is 1. The van der Waals surface area contributed by atoms with Gasteiger partial charge in [-0.3, -0.25) is 0 Å². The van der Waals surface area contributed by atoms with E-state index in [1.807, 2.05) is 0 Å². The van der Waals surface area contributed by atoms with Crippen LogP contribution < -0.4 is 0 Å². The smallest absolute Gasteiger partial charge is 0.0752 e. The van der Waals surface area contributed by atoms with Crippen molar-refractivity contribution in [1.29, 1.82) is 0 Å². The van der Waals surface area contributed by atoms with Crippen molar-refractivity contribution in [3.8, 4) is 0 Å². The molecule has 0 N–H and O–H groups in total. The highest BCUT2D eigenvalue weighted by atomic mass is 16.5. The van der Waals surface area contributed by atoms with Crippen molar-refractivity contribution in [2.24, 2.45) is 0 Å². The molecular weight excluding hydrogens is 172 g/mol.